The second-order valence-corrected chi connectivity index (χ2v) is 8.52. The molecular weight excluding hydrogens is 375 g/mol. The Labute approximate surface area is 169 Å². The topological polar surface area (TPSA) is 78.9 Å². The van der Waals surface area contributed by atoms with E-state index < -0.39 is 23.8 Å². The molecule has 1 aliphatic heterocycles. The highest BCUT2D eigenvalue weighted by Crippen LogP contribution is 2.24. The van der Waals surface area contributed by atoms with Crippen molar-refractivity contribution in [1.29, 1.82) is 0 Å². The van der Waals surface area contributed by atoms with Gasteiger partial charge in [0.1, 0.15) is 17.5 Å². The zero-order valence-corrected chi connectivity index (χ0v) is 17.1. The zero-order chi connectivity index (χ0) is 21.3. The molecule has 1 saturated heterocycles. The van der Waals surface area contributed by atoms with Crippen molar-refractivity contribution >= 4 is 22.8 Å². The molecule has 2 amide bonds. The van der Waals surface area contributed by atoms with Crippen LogP contribution in [0.1, 0.15) is 45.7 Å². The Bertz CT molecular complexity index is 925. The van der Waals surface area contributed by atoms with Crippen LogP contribution >= 0.6 is 0 Å². The van der Waals surface area contributed by atoms with Gasteiger partial charge in [-0.3, -0.25) is 9.69 Å². The molecule has 29 heavy (non-hydrogen) atoms. The average Bonchev–Trinajstić information content (AvgIpc) is 3.02. The van der Waals surface area contributed by atoms with Crippen molar-refractivity contribution in [3.8, 4) is 0 Å². The smallest absolute Gasteiger partial charge is 0.411 e. The quantitative estimate of drug-likeness (QED) is 0.823. The van der Waals surface area contributed by atoms with Crippen molar-refractivity contribution < 1.29 is 23.8 Å². The fourth-order valence-electron chi connectivity index (χ4n) is 3.48. The van der Waals surface area contributed by atoms with E-state index in [0.717, 1.165) is 16.3 Å². The number of benzene rings is 2. The Morgan fingerprint density at radius 2 is 1.86 bits per heavy atom. The highest BCUT2D eigenvalue weighted by Gasteiger charge is 2.41. The lowest BCUT2D eigenvalue weighted by Gasteiger charge is -2.28. The van der Waals surface area contributed by atoms with E-state index in [1.807, 2.05) is 25.1 Å². The van der Waals surface area contributed by atoms with Crippen LogP contribution in [0.5, 0.6) is 0 Å². The molecule has 0 aromatic heterocycles. The summed E-state index contributed by atoms with van der Waals surface area (Å²) in [6, 6.07) is 8.97. The summed E-state index contributed by atoms with van der Waals surface area (Å²) in [7, 11) is 0. The van der Waals surface area contributed by atoms with Crippen LogP contribution in [0.2, 0.25) is 0 Å². The molecule has 2 aromatic carbocycles. The lowest BCUT2D eigenvalue weighted by atomic mass is 10.0. The van der Waals surface area contributed by atoms with Crippen molar-refractivity contribution in [2.45, 2.75) is 57.9 Å². The van der Waals surface area contributed by atoms with Crippen LogP contribution < -0.4 is 5.32 Å². The summed E-state index contributed by atoms with van der Waals surface area (Å²) in [5.41, 5.74) is 0.170. The van der Waals surface area contributed by atoms with Crippen molar-refractivity contribution in [2.75, 3.05) is 6.54 Å². The number of aliphatic hydroxyl groups is 1. The fourth-order valence-corrected chi connectivity index (χ4v) is 3.48. The Hall–Kier alpha value is -2.67. The number of fused-ring (bicyclic) bond motifs is 1. The number of nitrogens with one attached hydrogen (secondary N) is 1. The summed E-state index contributed by atoms with van der Waals surface area (Å²) in [5, 5.41) is 14.6. The lowest BCUT2D eigenvalue weighted by molar-refractivity contribution is -0.126. The molecule has 0 unspecified atom stereocenters. The maximum Gasteiger partial charge on any atom is 0.411 e. The highest BCUT2D eigenvalue weighted by atomic mass is 19.1. The molecule has 0 aliphatic carbocycles. The standard InChI is InChI=1S/C22H27FN2O4/c1-13(14-5-6-16-10-17(23)8-7-15(16)9-14)24-20(27)19-11-18(26)12-25(19)21(28)29-22(2,3)4/h5-10,13,18-19,26H,11-12H2,1-4H3,(H,24,27)/t13-,18+,19-/m0/s1. The van der Waals surface area contributed by atoms with E-state index in [0.29, 0.717) is 0 Å². The van der Waals surface area contributed by atoms with E-state index in [1.54, 1.807) is 26.8 Å². The fraction of sp³-hybridized carbons (Fsp3) is 0.455. The molecule has 0 spiro atoms. The second kappa shape index (κ2) is 7.99. The molecule has 2 N–H and O–H groups in total. The number of hydrogen-bond acceptors (Lipinski definition) is 4. The summed E-state index contributed by atoms with van der Waals surface area (Å²) < 4.78 is 18.7. The number of likely N-dealkylation sites (tertiary alicyclic amines) is 1. The molecule has 1 aliphatic rings. The van der Waals surface area contributed by atoms with Gasteiger partial charge in [-0.15, -0.1) is 0 Å². The Morgan fingerprint density at radius 3 is 2.55 bits per heavy atom. The van der Waals surface area contributed by atoms with Crippen LogP contribution in [0.3, 0.4) is 0 Å². The molecule has 156 valence electrons. The average molecular weight is 402 g/mol. The SMILES string of the molecule is C[C@H](NC(=O)[C@@H]1C[C@@H](O)CN1C(=O)OC(C)(C)C)c1ccc2cc(F)ccc2c1. The second-order valence-electron chi connectivity index (χ2n) is 8.52. The summed E-state index contributed by atoms with van der Waals surface area (Å²) in [6.07, 6.45) is -1.23. The van der Waals surface area contributed by atoms with Crippen molar-refractivity contribution in [1.82, 2.24) is 10.2 Å². The molecule has 1 heterocycles. The van der Waals surface area contributed by atoms with Crippen LogP contribution in [0.15, 0.2) is 36.4 Å². The first kappa shape index (κ1) is 21.0. The van der Waals surface area contributed by atoms with Crippen LogP contribution in [0.25, 0.3) is 10.8 Å². The van der Waals surface area contributed by atoms with Crippen molar-refractivity contribution in [3.05, 3.63) is 47.8 Å². The van der Waals surface area contributed by atoms with Crippen molar-refractivity contribution in [3.63, 3.8) is 0 Å². The maximum absolute atomic E-state index is 13.4. The van der Waals surface area contributed by atoms with Gasteiger partial charge in [0.05, 0.1) is 18.7 Å². The lowest BCUT2D eigenvalue weighted by Crippen LogP contribution is -2.48. The summed E-state index contributed by atoms with van der Waals surface area (Å²) in [6.45, 7) is 7.15. The number of rotatable bonds is 3. The van der Waals surface area contributed by atoms with Gasteiger partial charge in [0, 0.05) is 6.42 Å². The molecule has 1 fully saturated rings. The highest BCUT2D eigenvalue weighted by molar-refractivity contribution is 5.87. The predicted molar refractivity (Wildman–Crippen MR) is 108 cm³/mol. The normalized spacial score (nSPS) is 20.6. The molecule has 3 rings (SSSR count). The van der Waals surface area contributed by atoms with Crippen LogP contribution in [-0.4, -0.2) is 46.3 Å². The first-order valence-corrected chi connectivity index (χ1v) is 9.71. The number of carbonyl (C=O) groups excluding carboxylic acids is 2. The summed E-state index contributed by atoms with van der Waals surface area (Å²) >= 11 is 0. The number of amides is 2. The summed E-state index contributed by atoms with van der Waals surface area (Å²) in [5.74, 6) is -0.646. The van der Waals surface area contributed by atoms with E-state index >= 15 is 0 Å². The number of nitrogens with zero attached hydrogens (tertiary/aromatic N) is 1. The van der Waals surface area contributed by atoms with Gasteiger partial charge in [0.25, 0.3) is 0 Å². The van der Waals surface area contributed by atoms with E-state index in [9.17, 15) is 19.1 Å². The van der Waals surface area contributed by atoms with Crippen LogP contribution in [0, 0.1) is 5.82 Å². The summed E-state index contributed by atoms with van der Waals surface area (Å²) in [4.78, 5) is 26.6. The molecule has 2 aromatic rings. The molecule has 3 atom stereocenters. The number of halogens is 1. The third-order valence-electron chi connectivity index (χ3n) is 4.89. The number of β-amino-alcohol motifs (C(OH)–C–C–N with tert-alkyl or cyclic N) is 1. The van der Waals surface area contributed by atoms with Crippen LogP contribution in [0.4, 0.5) is 9.18 Å². The zero-order valence-electron chi connectivity index (χ0n) is 17.1. The van der Waals surface area contributed by atoms with E-state index in [4.69, 9.17) is 4.74 Å². The Morgan fingerprint density at radius 1 is 1.21 bits per heavy atom. The third-order valence-corrected chi connectivity index (χ3v) is 4.89. The number of carbonyl (C=O) groups is 2. The largest absolute Gasteiger partial charge is 0.444 e. The van der Waals surface area contributed by atoms with E-state index in [1.165, 1.54) is 17.0 Å². The molecule has 6 nitrogen and oxygen atoms in total. The predicted octanol–water partition coefficient (Wildman–Crippen LogP) is 3.53. The molecular formula is C22H27FN2O4. The molecule has 7 heteroatoms. The van der Waals surface area contributed by atoms with Gasteiger partial charge in [-0.1, -0.05) is 18.2 Å². The molecule has 0 saturated carbocycles. The number of ether oxygens (including phenoxy) is 1. The third kappa shape index (κ3) is 5.03. The van der Waals surface area contributed by atoms with E-state index in [2.05, 4.69) is 5.32 Å². The van der Waals surface area contributed by atoms with Gasteiger partial charge in [0.2, 0.25) is 5.91 Å². The van der Waals surface area contributed by atoms with Gasteiger partial charge in [-0.05, 0) is 62.2 Å². The minimum Gasteiger partial charge on any atom is -0.444 e. The molecule has 0 bridgehead atoms. The first-order chi connectivity index (χ1) is 13.5. The van der Waals surface area contributed by atoms with E-state index in [-0.39, 0.29) is 30.7 Å². The van der Waals surface area contributed by atoms with Gasteiger partial charge in [-0.25, -0.2) is 9.18 Å². The maximum atomic E-state index is 13.4. The monoisotopic (exact) mass is 402 g/mol. The minimum absolute atomic E-state index is 0.0585. The Kier molecular flexibility index (Phi) is 5.80. The molecule has 0 radical (unpaired) electrons. The van der Waals surface area contributed by atoms with Gasteiger partial charge < -0.3 is 15.2 Å². The van der Waals surface area contributed by atoms with Gasteiger partial charge in [-0.2, -0.15) is 0 Å². The van der Waals surface area contributed by atoms with Gasteiger partial charge in [0.15, 0.2) is 0 Å². The van der Waals surface area contributed by atoms with Crippen molar-refractivity contribution in [2.24, 2.45) is 0 Å². The Balaban J connectivity index is 1.72. The van der Waals surface area contributed by atoms with Crippen LogP contribution in [-0.2, 0) is 9.53 Å². The first-order valence-electron chi connectivity index (χ1n) is 9.71. The number of hydrogen-bond donors (Lipinski definition) is 2. The van der Waals surface area contributed by atoms with Gasteiger partial charge >= 0.3 is 6.09 Å². The minimum atomic E-state index is -0.795. The number of aliphatic hydroxyl groups excluding tert-OH is 1.